The smallest absolute Gasteiger partial charge is 0.423 e. The monoisotopic (exact) mass is 625 g/mol. The maximum atomic E-state index is 9.47. The predicted octanol–water partition coefficient (Wildman–Crippen LogP) is 10.2. The lowest BCUT2D eigenvalue weighted by atomic mass is 9.80. The lowest BCUT2D eigenvalue weighted by Crippen LogP contribution is -2.29. The zero-order valence-corrected chi connectivity index (χ0v) is 27.7. The molecule has 1 aliphatic carbocycles. The lowest BCUT2D eigenvalue weighted by molar-refractivity contribution is 0.426. The topological polar surface area (TPSA) is 43.7 Å². The molecular weight excluding hydrogens is 585 g/mol. The van der Waals surface area contributed by atoms with Gasteiger partial charge in [0.05, 0.1) is 0 Å². The van der Waals surface area contributed by atoms with Crippen molar-refractivity contribution in [2.75, 3.05) is 4.90 Å². The van der Waals surface area contributed by atoms with Crippen LogP contribution in [0.1, 0.15) is 31.9 Å². The van der Waals surface area contributed by atoms with Crippen LogP contribution in [-0.4, -0.2) is 17.2 Å². The van der Waals surface area contributed by atoms with E-state index in [2.05, 4.69) is 141 Å². The molecule has 4 heteroatoms. The van der Waals surface area contributed by atoms with Crippen LogP contribution < -0.4 is 10.4 Å². The summed E-state index contributed by atoms with van der Waals surface area (Å²) in [7, 11) is -1.47. The second-order valence-electron chi connectivity index (χ2n) is 12.5. The van der Waals surface area contributed by atoms with Crippen molar-refractivity contribution in [3.8, 4) is 33.4 Å². The van der Waals surface area contributed by atoms with Crippen LogP contribution in [0.3, 0.4) is 0 Å². The molecule has 48 heavy (non-hydrogen) atoms. The molecule has 3 nitrogen and oxygen atoms in total. The zero-order chi connectivity index (χ0) is 33.7. The molecule has 0 saturated carbocycles. The van der Waals surface area contributed by atoms with E-state index in [1.54, 1.807) is 18.2 Å². The number of hydrogen-bond donors (Lipinski definition) is 2. The maximum absolute atomic E-state index is 9.47. The van der Waals surface area contributed by atoms with Gasteiger partial charge in [-0.1, -0.05) is 148 Å². The molecule has 0 bridgehead atoms. The summed E-state index contributed by atoms with van der Waals surface area (Å²) in [6, 6.07) is 50.7. The number of rotatable bonds is 7. The summed E-state index contributed by atoms with van der Waals surface area (Å²) in [5.74, 6) is 0. The first-order valence-corrected chi connectivity index (χ1v) is 16.3. The van der Waals surface area contributed by atoms with E-state index in [9.17, 15) is 10.0 Å². The van der Waals surface area contributed by atoms with E-state index in [4.69, 9.17) is 0 Å². The highest BCUT2D eigenvalue weighted by atomic mass is 16.4. The summed E-state index contributed by atoms with van der Waals surface area (Å²) in [5, 5.41) is 18.9. The molecule has 0 atom stereocenters. The SMILES string of the molecule is C=C/C=C\C.CC1(C)c2ccccc2-c2ccc(N(c3ccc(-c4ccccc4)cc3)c3ccc(-c4ccc(B(O)O)cc4)cc3)cc21. The Balaban J connectivity index is 0.000000749. The Morgan fingerprint density at radius 2 is 1.04 bits per heavy atom. The standard InChI is InChI=1S/C39H32BNO2.C5H8/c1-39(2)37-11-7-6-10-35(37)36-25-24-34(26-38(36)39)41(32-20-14-29(15-21-32)27-8-4-3-5-9-27)33-22-16-30(17-23-33)28-12-18-31(19-13-28)40(42)43;1-3-5-4-2/h3-26,42-43H,1-2H3;3-5H,1H2,2H3/b;5-4-. The number of anilines is 3. The van der Waals surface area contributed by atoms with E-state index in [0.29, 0.717) is 5.46 Å². The van der Waals surface area contributed by atoms with Crippen LogP contribution in [0.4, 0.5) is 17.1 Å². The summed E-state index contributed by atoms with van der Waals surface area (Å²) in [6.45, 7) is 10.1. The van der Waals surface area contributed by atoms with E-state index in [0.717, 1.165) is 28.2 Å². The van der Waals surface area contributed by atoms with E-state index in [1.807, 2.05) is 37.3 Å². The van der Waals surface area contributed by atoms with Gasteiger partial charge >= 0.3 is 7.12 Å². The highest BCUT2D eigenvalue weighted by molar-refractivity contribution is 6.58. The first-order valence-electron chi connectivity index (χ1n) is 16.3. The molecule has 1 aliphatic rings. The van der Waals surface area contributed by atoms with Gasteiger partial charge in [-0.2, -0.15) is 0 Å². The average molecular weight is 626 g/mol. The Hall–Kier alpha value is -5.42. The van der Waals surface area contributed by atoms with Crippen molar-refractivity contribution in [1.82, 2.24) is 0 Å². The number of benzene rings is 6. The molecule has 6 aromatic carbocycles. The Morgan fingerprint density at radius 1 is 0.562 bits per heavy atom. The Labute approximate surface area is 284 Å². The number of fused-ring (bicyclic) bond motifs is 3. The molecule has 0 aromatic heterocycles. The highest BCUT2D eigenvalue weighted by Crippen LogP contribution is 2.50. The Morgan fingerprint density at radius 3 is 1.56 bits per heavy atom. The third-order valence-corrected chi connectivity index (χ3v) is 9.05. The molecule has 6 aromatic rings. The zero-order valence-electron chi connectivity index (χ0n) is 27.7. The molecule has 0 fully saturated rings. The molecule has 0 heterocycles. The second kappa shape index (κ2) is 14.1. The average Bonchev–Trinajstić information content (AvgIpc) is 3.36. The molecule has 0 amide bonds. The quantitative estimate of drug-likeness (QED) is 0.137. The molecule has 0 unspecified atom stereocenters. The van der Waals surface area contributed by atoms with Crippen LogP contribution in [0.15, 0.2) is 170 Å². The summed E-state index contributed by atoms with van der Waals surface area (Å²) in [6.07, 6.45) is 5.58. The highest BCUT2D eigenvalue weighted by Gasteiger charge is 2.35. The molecule has 0 radical (unpaired) electrons. The third kappa shape index (κ3) is 6.54. The Kier molecular flexibility index (Phi) is 9.58. The van der Waals surface area contributed by atoms with E-state index < -0.39 is 7.12 Å². The first-order chi connectivity index (χ1) is 23.3. The fourth-order valence-corrected chi connectivity index (χ4v) is 6.50. The minimum absolute atomic E-state index is 0.0943. The summed E-state index contributed by atoms with van der Waals surface area (Å²) in [5.41, 5.74) is 13.4. The minimum atomic E-state index is -1.47. The van der Waals surface area contributed by atoms with Crippen LogP contribution in [0, 0.1) is 0 Å². The number of allylic oxidation sites excluding steroid dienone is 3. The van der Waals surface area contributed by atoms with Gasteiger partial charge < -0.3 is 14.9 Å². The normalized spacial score (nSPS) is 12.4. The molecule has 2 N–H and O–H groups in total. The first kappa shape index (κ1) is 32.5. The molecule has 0 saturated heterocycles. The maximum Gasteiger partial charge on any atom is 0.488 e. The van der Waals surface area contributed by atoms with Gasteiger partial charge in [-0.25, -0.2) is 0 Å². The van der Waals surface area contributed by atoms with E-state index in [1.165, 1.54) is 33.4 Å². The van der Waals surface area contributed by atoms with Crippen molar-refractivity contribution >= 4 is 29.6 Å². The van der Waals surface area contributed by atoms with Gasteiger partial charge in [-0.3, -0.25) is 0 Å². The van der Waals surface area contributed by atoms with Crippen molar-refractivity contribution < 1.29 is 10.0 Å². The van der Waals surface area contributed by atoms with Crippen LogP contribution in [0.5, 0.6) is 0 Å². The van der Waals surface area contributed by atoms with Crippen molar-refractivity contribution in [3.05, 3.63) is 182 Å². The predicted molar refractivity (Wildman–Crippen MR) is 204 cm³/mol. The van der Waals surface area contributed by atoms with Crippen LogP contribution in [0.25, 0.3) is 33.4 Å². The van der Waals surface area contributed by atoms with Gasteiger partial charge in [-0.05, 0) is 93.3 Å². The molecule has 0 aliphatic heterocycles. The number of hydrogen-bond acceptors (Lipinski definition) is 3. The van der Waals surface area contributed by atoms with Gasteiger partial charge in [0.15, 0.2) is 0 Å². The van der Waals surface area contributed by atoms with Crippen LogP contribution >= 0.6 is 0 Å². The van der Waals surface area contributed by atoms with Crippen LogP contribution in [0.2, 0.25) is 0 Å². The minimum Gasteiger partial charge on any atom is -0.423 e. The summed E-state index contributed by atoms with van der Waals surface area (Å²) >= 11 is 0. The molecular formula is C44H40BNO2. The molecule has 7 rings (SSSR count). The molecule has 236 valence electrons. The van der Waals surface area contributed by atoms with Gasteiger partial charge in [0, 0.05) is 22.5 Å². The van der Waals surface area contributed by atoms with Gasteiger partial charge in [0.25, 0.3) is 0 Å². The lowest BCUT2D eigenvalue weighted by Gasteiger charge is -2.28. The largest absolute Gasteiger partial charge is 0.488 e. The second-order valence-corrected chi connectivity index (χ2v) is 12.5. The third-order valence-electron chi connectivity index (χ3n) is 9.05. The fraction of sp³-hybridized carbons (Fsp3) is 0.0909. The summed E-state index contributed by atoms with van der Waals surface area (Å²) in [4.78, 5) is 2.32. The fourth-order valence-electron chi connectivity index (χ4n) is 6.50. The van der Waals surface area contributed by atoms with Crippen molar-refractivity contribution in [2.24, 2.45) is 0 Å². The Bertz CT molecular complexity index is 2030. The van der Waals surface area contributed by atoms with Crippen molar-refractivity contribution in [2.45, 2.75) is 26.2 Å². The van der Waals surface area contributed by atoms with Gasteiger partial charge in [0.2, 0.25) is 0 Å². The van der Waals surface area contributed by atoms with Crippen LogP contribution in [-0.2, 0) is 5.41 Å². The summed E-state index contributed by atoms with van der Waals surface area (Å²) < 4.78 is 0. The van der Waals surface area contributed by atoms with E-state index in [-0.39, 0.29) is 5.41 Å². The van der Waals surface area contributed by atoms with E-state index >= 15 is 0 Å². The van der Waals surface area contributed by atoms with Gasteiger partial charge in [-0.15, -0.1) is 0 Å². The van der Waals surface area contributed by atoms with Gasteiger partial charge in [0.1, 0.15) is 0 Å². The number of nitrogens with zero attached hydrogens (tertiary/aromatic N) is 1. The molecule has 0 spiro atoms. The van der Waals surface area contributed by atoms with Crippen molar-refractivity contribution in [1.29, 1.82) is 0 Å². The van der Waals surface area contributed by atoms with Crippen molar-refractivity contribution in [3.63, 3.8) is 0 Å².